The Balaban J connectivity index is -0.0000000300. The third-order valence-electron chi connectivity index (χ3n) is 0. The van der Waals surface area contributed by atoms with Crippen molar-refractivity contribution in [1.82, 2.24) is 0 Å². The van der Waals surface area contributed by atoms with Gasteiger partial charge in [-0.25, -0.2) is 0 Å². The molecule has 0 aliphatic carbocycles. The van der Waals surface area contributed by atoms with Crippen LogP contribution < -0.4 is 0 Å². The Morgan fingerprint density at radius 1 is 0.800 bits per heavy atom. The summed E-state index contributed by atoms with van der Waals surface area (Å²) >= 11 is 0. The fraction of sp³-hybridized carbons (Fsp3) is 0. The molecule has 8 nitrogen and oxygen atoms in total. The number of nitrogens with zero attached hydrogens (tertiary/aromatic N) is 2. The van der Waals surface area contributed by atoms with E-state index in [1.54, 1.807) is 0 Å². The first-order chi connectivity index (χ1) is 3.46. The molecular weight excluding hydrogens is 280 g/mol. The minimum absolute atomic E-state index is 0. The molecule has 0 aromatic heterocycles. The van der Waals surface area contributed by atoms with Gasteiger partial charge >= 0.3 is 36.5 Å². The molecule has 0 aliphatic rings. The van der Waals surface area contributed by atoms with Crippen LogP contribution in [0.15, 0.2) is 0 Å². The van der Waals surface area contributed by atoms with Crippen molar-refractivity contribution < 1.29 is 46.7 Å². The molecular formula is MnN2O6Ru+3. The molecule has 58 valence electrons. The van der Waals surface area contributed by atoms with Gasteiger partial charge in [0.15, 0.2) is 0 Å². The first kappa shape index (κ1) is 22.7. The van der Waals surface area contributed by atoms with Crippen LogP contribution in [-0.2, 0) is 36.5 Å². The minimum atomic E-state index is -1.75. The summed E-state index contributed by atoms with van der Waals surface area (Å²) in [7, 11) is 0. The minimum Gasteiger partial charge on any atom is -0.356 e. The van der Waals surface area contributed by atoms with Crippen LogP contribution in [0.2, 0.25) is 0 Å². The molecule has 10 heavy (non-hydrogen) atoms. The van der Waals surface area contributed by atoms with E-state index < -0.39 is 10.2 Å². The Labute approximate surface area is 77.7 Å². The topological polar surface area (TPSA) is 132 Å². The molecule has 0 fully saturated rings. The summed E-state index contributed by atoms with van der Waals surface area (Å²) in [6.07, 6.45) is 0. The molecule has 0 aromatic carbocycles. The van der Waals surface area contributed by atoms with Crippen molar-refractivity contribution >= 4 is 0 Å². The van der Waals surface area contributed by atoms with Crippen molar-refractivity contribution in [2.45, 2.75) is 0 Å². The summed E-state index contributed by atoms with van der Waals surface area (Å²) in [5.74, 6) is 0. The third kappa shape index (κ3) is 1550. The van der Waals surface area contributed by atoms with Crippen molar-refractivity contribution in [3.8, 4) is 0 Å². The van der Waals surface area contributed by atoms with Gasteiger partial charge in [-0.15, -0.1) is 0 Å². The zero-order chi connectivity index (χ0) is 7.15. The van der Waals surface area contributed by atoms with Crippen molar-refractivity contribution in [2.75, 3.05) is 0 Å². The van der Waals surface area contributed by atoms with Gasteiger partial charge in [0.2, 0.25) is 0 Å². The maximum absolute atomic E-state index is 8.25. The van der Waals surface area contributed by atoms with Crippen molar-refractivity contribution in [2.24, 2.45) is 0 Å². The van der Waals surface area contributed by atoms with E-state index in [9.17, 15) is 0 Å². The molecule has 0 atom stereocenters. The van der Waals surface area contributed by atoms with Crippen LogP contribution in [0.3, 0.4) is 0 Å². The van der Waals surface area contributed by atoms with Gasteiger partial charge in [0.05, 0.1) is 10.2 Å². The van der Waals surface area contributed by atoms with Gasteiger partial charge in [0.25, 0.3) is 0 Å². The molecule has 0 heterocycles. The van der Waals surface area contributed by atoms with E-state index in [0.29, 0.717) is 0 Å². The Morgan fingerprint density at radius 2 is 0.800 bits per heavy atom. The average Bonchev–Trinajstić information content (AvgIpc) is 1.25. The van der Waals surface area contributed by atoms with Gasteiger partial charge in [0, 0.05) is 0 Å². The quantitative estimate of drug-likeness (QED) is 0.334. The second-order valence-corrected chi connectivity index (χ2v) is 0.447. The normalized spacial score (nSPS) is 4.80. The van der Waals surface area contributed by atoms with Crippen LogP contribution in [0, 0.1) is 30.6 Å². The van der Waals surface area contributed by atoms with Crippen molar-refractivity contribution in [3.05, 3.63) is 30.6 Å². The summed E-state index contributed by atoms with van der Waals surface area (Å²) in [5, 5.41) is 29.5. The summed E-state index contributed by atoms with van der Waals surface area (Å²) in [5.41, 5.74) is 0. The summed E-state index contributed by atoms with van der Waals surface area (Å²) in [4.78, 5) is 16.5. The van der Waals surface area contributed by atoms with E-state index in [0.717, 1.165) is 0 Å². The smallest absolute Gasteiger partial charge is 0.356 e. The molecule has 0 saturated carbocycles. The largest absolute Gasteiger partial charge is 3.00 e. The molecule has 0 unspecified atom stereocenters. The summed E-state index contributed by atoms with van der Waals surface area (Å²) < 4.78 is 0. The van der Waals surface area contributed by atoms with Crippen LogP contribution >= 0.6 is 0 Å². The molecule has 0 spiro atoms. The fourth-order valence-electron chi connectivity index (χ4n) is 0. The van der Waals surface area contributed by atoms with E-state index >= 15 is 0 Å². The second kappa shape index (κ2) is 15.8. The molecule has 0 amide bonds. The van der Waals surface area contributed by atoms with Crippen molar-refractivity contribution in [1.29, 1.82) is 0 Å². The average molecular weight is 280 g/mol. The fourth-order valence-corrected chi connectivity index (χ4v) is 0. The van der Waals surface area contributed by atoms with Gasteiger partial charge < -0.3 is 30.6 Å². The number of rotatable bonds is 0. The Hall–Kier alpha value is -0.457. The predicted octanol–water partition coefficient (Wildman–Crippen LogP) is -0.483. The standard InChI is InChI=1S/Mn.2NO3.Ru/c;2*2-1(3)4;/q+2;2*-1;+3. The van der Waals surface area contributed by atoms with Crippen molar-refractivity contribution in [3.63, 3.8) is 0 Å². The van der Waals surface area contributed by atoms with Crippen LogP contribution in [0.1, 0.15) is 0 Å². The Kier molecular flexibility index (Phi) is 35.9. The van der Waals surface area contributed by atoms with E-state index in [4.69, 9.17) is 30.6 Å². The van der Waals surface area contributed by atoms with Crippen LogP contribution in [0.25, 0.3) is 0 Å². The van der Waals surface area contributed by atoms with Crippen LogP contribution in [0.4, 0.5) is 0 Å². The summed E-state index contributed by atoms with van der Waals surface area (Å²) in [6.45, 7) is 0. The second-order valence-electron chi connectivity index (χ2n) is 0.447. The number of hydrogen-bond acceptors (Lipinski definition) is 6. The molecule has 0 bridgehead atoms. The SMILES string of the molecule is O=[N+]([O-])[O-].O=[N+]([O-])[O-].[Mn+2].[Ru+3]. The van der Waals surface area contributed by atoms with Gasteiger partial charge in [-0.05, 0) is 0 Å². The monoisotopic (exact) mass is 281 g/mol. The van der Waals surface area contributed by atoms with Gasteiger partial charge in [0.1, 0.15) is 0 Å². The molecule has 0 aromatic rings. The third-order valence-corrected chi connectivity index (χ3v) is 0. The zero-order valence-electron chi connectivity index (χ0n) is 4.08. The predicted molar refractivity (Wildman–Crippen MR) is 20.7 cm³/mol. The Bertz CT molecular complexity index is 73.7. The van der Waals surface area contributed by atoms with E-state index in [1.165, 1.54) is 0 Å². The molecule has 10 heteroatoms. The molecule has 0 rings (SSSR count). The number of hydrogen-bond donors (Lipinski definition) is 0. The first-order valence-electron chi connectivity index (χ1n) is 1.10. The molecule has 0 saturated heterocycles. The van der Waals surface area contributed by atoms with Gasteiger partial charge in [-0.2, -0.15) is 0 Å². The molecule has 0 N–H and O–H groups in total. The first-order valence-corrected chi connectivity index (χ1v) is 1.10. The van der Waals surface area contributed by atoms with E-state index in [-0.39, 0.29) is 36.5 Å². The molecule has 0 aliphatic heterocycles. The Morgan fingerprint density at radius 3 is 0.800 bits per heavy atom. The summed E-state index contributed by atoms with van der Waals surface area (Å²) in [6, 6.07) is 0. The van der Waals surface area contributed by atoms with Crippen LogP contribution in [-0.4, -0.2) is 10.2 Å². The van der Waals surface area contributed by atoms with E-state index in [1.807, 2.05) is 0 Å². The van der Waals surface area contributed by atoms with Crippen LogP contribution in [0.5, 0.6) is 0 Å². The maximum Gasteiger partial charge on any atom is 3.00 e. The molecule has 2 radical (unpaired) electrons. The van der Waals surface area contributed by atoms with Gasteiger partial charge in [-0.3, -0.25) is 0 Å². The van der Waals surface area contributed by atoms with Gasteiger partial charge in [-0.1, -0.05) is 0 Å². The zero-order valence-corrected chi connectivity index (χ0v) is 6.99. The maximum atomic E-state index is 8.25. The van der Waals surface area contributed by atoms with E-state index in [2.05, 4.69) is 0 Å².